The van der Waals surface area contributed by atoms with E-state index in [-0.39, 0.29) is 71.1 Å². The zero-order valence-corrected chi connectivity index (χ0v) is 27.0. The van der Waals surface area contributed by atoms with E-state index in [4.69, 9.17) is 24.7 Å². The van der Waals surface area contributed by atoms with Gasteiger partial charge in [-0.3, -0.25) is 9.59 Å². The van der Waals surface area contributed by atoms with Crippen LogP contribution in [0, 0.1) is 0 Å². The standard InChI is InChI=1S/C36H34N6O7/c1-22(2)49-33-25(37)14-15-26(40-33)31(43)38-28-17-16-27(41-34(28)47-20-23-10-6-4-7-11-23)32(44)39-29-18-19-30(36(45)46-3)42-35(29)48-21-24-12-8-5-9-13-24/h4-19,22H,20-21,37H2,1-3H3,(H,38,43)(H,39,44). The molecule has 13 nitrogen and oxygen atoms in total. The van der Waals surface area contributed by atoms with Gasteiger partial charge < -0.3 is 35.3 Å². The van der Waals surface area contributed by atoms with Crippen molar-refractivity contribution >= 4 is 34.8 Å². The molecule has 0 saturated heterocycles. The van der Waals surface area contributed by atoms with Crippen LogP contribution in [0.4, 0.5) is 17.1 Å². The fourth-order valence-electron chi connectivity index (χ4n) is 4.36. The summed E-state index contributed by atoms with van der Waals surface area (Å²) in [5.74, 6) is -1.75. The Kier molecular flexibility index (Phi) is 11.0. The highest BCUT2D eigenvalue weighted by Crippen LogP contribution is 2.28. The van der Waals surface area contributed by atoms with E-state index in [9.17, 15) is 14.4 Å². The minimum Gasteiger partial charge on any atom is -0.473 e. The predicted molar refractivity (Wildman–Crippen MR) is 182 cm³/mol. The van der Waals surface area contributed by atoms with Crippen molar-refractivity contribution in [3.8, 4) is 17.6 Å². The zero-order chi connectivity index (χ0) is 34.8. The number of hydrogen-bond donors (Lipinski definition) is 3. The summed E-state index contributed by atoms with van der Waals surface area (Å²) in [6, 6.07) is 27.5. The number of esters is 1. The van der Waals surface area contributed by atoms with E-state index >= 15 is 0 Å². The van der Waals surface area contributed by atoms with Gasteiger partial charge in [0.15, 0.2) is 5.69 Å². The second kappa shape index (κ2) is 15.9. The number of nitrogens with zero attached hydrogens (tertiary/aromatic N) is 3. The molecule has 0 atom stereocenters. The third-order valence-corrected chi connectivity index (χ3v) is 6.75. The third-order valence-electron chi connectivity index (χ3n) is 6.75. The normalized spacial score (nSPS) is 10.6. The topological polar surface area (TPSA) is 177 Å². The average molecular weight is 663 g/mol. The van der Waals surface area contributed by atoms with Gasteiger partial charge in [-0.05, 0) is 61.4 Å². The second-order valence-electron chi connectivity index (χ2n) is 10.8. The first-order chi connectivity index (χ1) is 23.7. The number of carbonyl (C=O) groups excluding carboxylic acids is 3. The number of carbonyl (C=O) groups is 3. The van der Waals surface area contributed by atoms with Crippen molar-refractivity contribution in [3.63, 3.8) is 0 Å². The largest absolute Gasteiger partial charge is 0.473 e. The van der Waals surface area contributed by atoms with E-state index in [1.165, 1.54) is 43.5 Å². The van der Waals surface area contributed by atoms with Gasteiger partial charge >= 0.3 is 5.97 Å². The molecular formula is C36H34N6O7. The second-order valence-corrected chi connectivity index (χ2v) is 10.8. The van der Waals surface area contributed by atoms with Crippen molar-refractivity contribution in [1.82, 2.24) is 15.0 Å². The van der Waals surface area contributed by atoms with Crippen molar-refractivity contribution in [2.24, 2.45) is 0 Å². The van der Waals surface area contributed by atoms with Gasteiger partial charge in [-0.2, -0.15) is 0 Å². The van der Waals surface area contributed by atoms with Gasteiger partial charge in [-0.25, -0.2) is 19.7 Å². The Labute approximate surface area is 282 Å². The molecular weight excluding hydrogens is 628 g/mol. The molecule has 5 aromatic rings. The Morgan fingerprint density at radius 2 is 1.08 bits per heavy atom. The predicted octanol–water partition coefficient (Wildman–Crippen LogP) is 5.69. The highest BCUT2D eigenvalue weighted by atomic mass is 16.5. The molecule has 0 radical (unpaired) electrons. The molecule has 0 unspecified atom stereocenters. The molecule has 0 aliphatic rings. The number of nitrogen functional groups attached to an aromatic ring is 1. The lowest BCUT2D eigenvalue weighted by molar-refractivity contribution is 0.0592. The van der Waals surface area contributed by atoms with E-state index < -0.39 is 17.8 Å². The Balaban J connectivity index is 1.41. The molecule has 5 rings (SSSR count). The van der Waals surface area contributed by atoms with Crippen LogP contribution in [0.3, 0.4) is 0 Å². The Morgan fingerprint density at radius 1 is 0.633 bits per heavy atom. The Morgan fingerprint density at radius 3 is 1.57 bits per heavy atom. The lowest BCUT2D eigenvalue weighted by atomic mass is 10.2. The maximum absolute atomic E-state index is 13.5. The van der Waals surface area contributed by atoms with E-state index in [2.05, 4.69) is 25.6 Å². The number of methoxy groups -OCH3 is 1. The molecule has 3 heterocycles. The number of rotatable bonds is 13. The molecule has 4 N–H and O–H groups in total. The number of pyridine rings is 3. The van der Waals surface area contributed by atoms with Crippen LogP contribution in [-0.4, -0.2) is 45.9 Å². The highest BCUT2D eigenvalue weighted by Gasteiger charge is 2.20. The van der Waals surface area contributed by atoms with Gasteiger partial charge in [-0.15, -0.1) is 0 Å². The monoisotopic (exact) mass is 662 g/mol. The van der Waals surface area contributed by atoms with E-state index in [0.29, 0.717) is 0 Å². The van der Waals surface area contributed by atoms with Gasteiger partial charge in [-0.1, -0.05) is 60.7 Å². The lowest BCUT2D eigenvalue weighted by Crippen LogP contribution is -2.19. The molecule has 0 aliphatic carbocycles. The maximum atomic E-state index is 13.5. The summed E-state index contributed by atoms with van der Waals surface area (Å²) in [5, 5.41) is 5.49. The fourth-order valence-corrected chi connectivity index (χ4v) is 4.36. The van der Waals surface area contributed by atoms with Crippen LogP contribution < -0.4 is 30.6 Å². The number of hydrogen-bond acceptors (Lipinski definition) is 11. The van der Waals surface area contributed by atoms with E-state index in [0.717, 1.165) is 11.1 Å². The molecule has 0 spiro atoms. The van der Waals surface area contributed by atoms with E-state index in [1.807, 2.05) is 74.5 Å². The van der Waals surface area contributed by atoms with Gasteiger partial charge in [0.05, 0.1) is 18.9 Å². The van der Waals surface area contributed by atoms with Gasteiger partial charge in [0.1, 0.15) is 36.0 Å². The molecule has 0 saturated carbocycles. The van der Waals surface area contributed by atoms with Crippen LogP contribution in [0.25, 0.3) is 0 Å². The minimum absolute atomic E-state index is 0.00125. The molecule has 0 bridgehead atoms. The van der Waals surface area contributed by atoms with Crippen LogP contribution in [0.5, 0.6) is 17.6 Å². The van der Waals surface area contributed by atoms with Crippen molar-refractivity contribution in [2.75, 3.05) is 23.5 Å². The van der Waals surface area contributed by atoms with Crippen molar-refractivity contribution in [2.45, 2.75) is 33.2 Å². The third kappa shape index (κ3) is 9.07. The summed E-state index contributed by atoms with van der Waals surface area (Å²) in [6.45, 7) is 3.87. The highest BCUT2D eigenvalue weighted by molar-refractivity contribution is 6.06. The van der Waals surface area contributed by atoms with Crippen LogP contribution in [0.2, 0.25) is 0 Å². The first-order valence-electron chi connectivity index (χ1n) is 15.2. The van der Waals surface area contributed by atoms with Crippen LogP contribution in [0.15, 0.2) is 97.1 Å². The number of nitrogens with one attached hydrogen (secondary N) is 2. The summed E-state index contributed by atoms with van der Waals surface area (Å²) in [7, 11) is 1.24. The van der Waals surface area contributed by atoms with Gasteiger partial charge in [0, 0.05) is 0 Å². The average Bonchev–Trinajstić information content (AvgIpc) is 3.11. The van der Waals surface area contributed by atoms with Gasteiger partial charge in [0.25, 0.3) is 11.8 Å². The maximum Gasteiger partial charge on any atom is 0.356 e. The fraction of sp³-hybridized carbons (Fsp3) is 0.167. The summed E-state index contributed by atoms with van der Waals surface area (Å²) in [4.78, 5) is 51.9. The van der Waals surface area contributed by atoms with Crippen LogP contribution in [0.1, 0.15) is 56.4 Å². The summed E-state index contributed by atoms with van der Waals surface area (Å²) in [6.07, 6.45) is -0.206. The quantitative estimate of drug-likeness (QED) is 0.132. The van der Waals surface area contributed by atoms with Crippen LogP contribution in [-0.2, 0) is 18.0 Å². The van der Waals surface area contributed by atoms with Gasteiger partial charge in [0.2, 0.25) is 17.6 Å². The minimum atomic E-state index is -0.667. The van der Waals surface area contributed by atoms with E-state index in [1.54, 1.807) is 0 Å². The number of anilines is 3. The SMILES string of the molecule is COC(=O)c1ccc(NC(=O)c2ccc(NC(=O)c3ccc(N)c(OC(C)C)n3)c(OCc3ccccc3)n2)c(OCc2ccccc2)n1. The first kappa shape index (κ1) is 33.9. The number of aromatic nitrogens is 3. The molecule has 2 aromatic carbocycles. The first-order valence-corrected chi connectivity index (χ1v) is 15.2. The molecule has 2 amide bonds. The molecule has 3 aromatic heterocycles. The van der Waals surface area contributed by atoms with Crippen molar-refractivity contribution < 1.29 is 33.3 Å². The zero-order valence-electron chi connectivity index (χ0n) is 27.0. The molecule has 0 fully saturated rings. The number of benzene rings is 2. The molecule has 0 aliphatic heterocycles. The number of nitrogens with two attached hydrogens (primary N) is 1. The Bertz CT molecular complexity index is 1940. The molecule has 13 heteroatoms. The number of amides is 2. The lowest BCUT2D eigenvalue weighted by Gasteiger charge is -2.15. The summed E-state index contributed by atoms with van der Waals surface area (Å²) >= 11 is 0. The Hall–Kier alpha value is -6.50. The summed E-state index contributed by atoms with van der Waals surface area (Å²) < 4.78 is 22.3. The molecule has 49 heavy (non-hydrogen) atoms. The number of ether oxygens (including phenoxy) is 4. The van der Waals surface area contributed by atoms with Crippen LogP contribution >= 0.6 is 0 Å². The van der Waals surface area contributed by atoms with Crippen molar-refractivity contribution in [1.29, 1.82) is 0 Å². The smallest absolute Gasteiger partial charge is 0.356 e. The molecule has 250 valence electrons. The van der Waals surface area contributed by atoms with Crippen molar-refractivity contribution in [3.05, 3.63) is 125 Å². The summed E-state index contributed by atoms with van der Waals surface area (Å²) in [5.41, 5.74) is 8.34.